The molecule has 5 N–H and O–H groups in total. The Morgan fingerprint density at radius 3 is 2.07 bits per heavy atom. The van der Waals surface area contributed by atoms with Gasteiger partial charge in [-0.05, 0) is 23.6 Å². The summed E-state index contributed by atoms with van der Waals surface area (Å²) in [5.41, 5.74) is 4.32. The van der Waals surface area contributed by atoms with Crippen molar-refractivity contribution in [2.45, 2.75) is 25.4 Å². The molecule has 142 valence electrons. The molecule has 0 saturated heterocycles. The zero-order valence-corrected chi connectivity index (χ0v) is 14.7. The number of rotatable bonds is 7. The van der Waals surface area contributed by atoms with Gasteiger partial charge >= 0.3 is 12.0 Å². The largest absolute Gasteiger partial charge is 0.480 e. The number of aliphatic carboxylic acids is 1. The normalized spacial score (nSPS) is 12.5. The number of nitrogens with one attached hydrogen (secondary N) is 3. The summed E-state index contributed by atoms with van der Waals surface area (Å²) in [6.45, 7) is 1.30. The smallest absolute Gasteiger partial charge is 0.325 e. The summed E-state index contributed by atoms with van der Waals surface area (Å²) in [6, 6.07) is 14.2. The van der Waals surface area contributed by atoms with E-state index < -0.39 is 30.0 Å². The lowest BCUT2D eigenvalue weighted by atomic mass is 10.0. The van der Waals surface area contributed by atoms with Crippen LogP contribution in [0.1, 0.15) is 12.5 Å². The van der Waals surface area contributed by atoms with Gasteiger partial charge in [0.2, 0.25) is 0 Å². The van der Waals surface area contributed by atoms with Gasteiger partial charge in [0.15, 0.2) is 0 Å². The molecule has 0 spiro atoms. The van der Waals surface area contributed by atoms with Crippen LogP contribution in [-0.2, 0) is 16.0 Å². The Morgan fingerprint density at radius 2 is 1.52 bits per heavy atom. The fraction of sp³-hybridized carbons (Fsp3) is 0.211. The van der Waals surface area contributed by atoms with E-state index in [1.807, 2.05) is 54.6 Å². The highest BCUT2D eigenvalue weighted by atomic mass is 16.5. The molecule has 0 bridgehead atoms. The van der Waals surface area contributed by atoms with E-state index in [4.69, 9.17) is 10.3 Å². The van der Waals surface area contributed by atoms with Gasteiger partial charge in [-0.3, -0.25) is 14.8 Å². The summed E-state index contributed by atoms with van der Waals surface area (Å²) in [4.78, 5) is 34.5. The van der Waals surface area contributed by atoms with Crippen LogP contribution in [0.15, 0.2) is 54.6 Å². The Hall–Kier alpha value is -3.39. The van der Waals surface area contributed by atoms with Gasteiger partial charge in [-0.2, -0.15) is 0 Å². The van der Waals surface area contributed by atoms with Crippen molar-refractivity contribution in [3.8, 4) is 11.1 Å². The van der Waals surface area contributed by atoms with Gasteiger partial charge in [0.25, 0.3) is 5.91 Å². The van der Waals surface area contributed by atoms with Gasteiger partial charge in [0.05, 0.1) is 0 Å². The molecule has 0 aromatic heterocycles. The number of amides is 3. The Kier molecular flexibility index (Phi) is 6.90. The van der Waals surface area contributed by atoms with Crippen molar-refractivity contribution in [1.29, 1.82) is 0 Å². The maximum absolute atomic E-state index is 11.9. The predicted octanol–water partition coefficient (Wildman–Crippen LogP) is 1.54. The first kappa shape index (κ1) is 19.9. The second kappa shape index (κ2) is 9.35. The van der Waals surface area contributed by atoms with E-state index in [-0.39, 0.29) is 6.42 Å². The number of carbonyl (C=O) groups is 3. The number of carboxylic acids is 1. The predicted molar refractivity (Wildman–Crippen MR) is 98.1 cm³/mol. The third-order valence-electron chi connectivity index (χ3n) is 3.95. The summed E-state index contributed by atoms with van der Waals surface area (Å²) in [5, 5.41) is 22.3. The molecule has 8 heteroatoms. The van der Waals surface area contributed by atoms with Gasteiger partial charge in [-0.25, -0.2) is 10.3 Å². The lowest BCUT2D eigenvalue weighted by molar-refractivity contribution is -0.138. The molecule has 2 aromatic carbocycles. The summed E-state index contributed by atoms with van der Waals surface area (Å²) < 4.78 is 0. The quantitative estimate of drug-likeness (QED) is 0.373. The number of hydroxylamine groups is 1. The molecule has 8 nitrogen and oxygen atoms in total. The van der Waals surface area contributed by atoms with Crippen molar-refractivity contribution in [2.75, 3.05) is 0 Å². The van der Waals surface area contributed by atoms with Crippen LogP contribution in [0.3, 0.4) is 0 Å². The molecule has 2 atom stereocenters. The van der Waals surface area contributed by atoms with E-state index in [9.17, 15) is 14.4 Å². The van der Waals surface area contributed by atoms with Crippen LogP contribution in [0.5, 0.6) is 0 Å². The number of carbonyl (C=O) groups excluding carboxylic acids is 2. The topological polar surface area (TPSA) is 128 Å². The van der Waals surface area contributed by atoms with E-state index in [1.165, 1.54) is 12.4 Å². The lowest BCUT2D eigenvalue weighted by Crippen LogP contribution is -2.53. The number of hydrogen-bond acceptors (Lipinski definition) is 4. The molecule has 0 saturated carbocycles. The van der Waals surface area contributed by atoms with Gasteiger partial charge in [0, 0.05) is 6.42 Å². The molecule has 0 fully saturated rings. The number of urea groups is 1. The van der Waals surface area contributed by atoms with Gasteiger partial charge in [-0.15, -0.1) is 0 Å². The Bertz CT molecular complexity index is 793. The minimum Gasteiger partial charge on any atom is -0.480 e. The summed E-state index contributed by atoms with van der Waals surface area (Å²) in [5.74, 6) is -2.01. The molecule has 27 heavy (non-hydrogen) atoms. The second-order valence-corrected chi connectivity index (χ2v) is 5.97. The second-order valence-electron chi connectivity index (χ2n) is 5.97. The van der Waals surface area contributed by atoms with Crippen molar-refractivity contribution in [2.24, 2.45) is 0 Å². The van der Waals surface area contributed by atoms with Crippen LogP contribution < -0.4 is 16.1 Å². The van der Waals surface area contributed by atoms with E-state index >= 15 is 0 Å². The van der Waals surface area contributed by atoms with E-state index in [0.29, 0.717) is 0 Å². The summed E-state index contributed by atoms with van der Waals surface area (Å²) in [7, 11) is 0. The highest BCUT2D eigenvalue weighted by molar-refractivity contribution is 5.88. The van der Waals surface area contributed by atoms with Gasteiger partial charge in [-0.1, -0.05) is 54.6 Å². The molecule has 0 heterocycles. The first-order valence-electron chi connectivity index (χ1n) is 8.29. The molecule has 2 rings (SSSR count). The zero-order valence-electron chi connectivity index (χ0n) is 14.7. The SMILES string of the molecule is CC(NC(=O)NC(Cc1ccc(-c2ccccc2)cc1)C(=O)NO)C(=O)O. The number of hydrogen-bond donors (Lipinski definition) is 5. The first-order valence-corrected chi connectivity index (χ1v) is 8.29. The molecular formula is C19H21N3O5. The van der Waals surface area contributed by atoms with Crippen molar-refractivity contribution >= 4 is 17.9 Å². The summed E-state index contributed by atoms with van der Waals surface area (Å²) in [6.07, 6.45) is 0.121. The van der Waals surface area contributed by atoms with Gasteiger partial charge in [0.1, 0.15) is 12.1 Å². The average molecular weight is 371 g/mol. The maximum atomic E-state index is 11.9. The summed E-state index contributed by atoms with van der Waals surface area (Å²) >= 11 is 0. The Morgan fingerprint density at radius 1 is 0.926 bits per heavy atom. The fourth-order valence-corrected chi connectivity index (χ4v) is 2.45. The maximum Gasteiger partial charge on any atom is 0.325 e. The van der Waals surface area contributed by atoms with Crippen molar-refractivity contribution < 1.29 is 24.7 Å². The molecule has 0 radical (unpaired) electrons. The van der Waals surface area contributed by atoms with Crippen molar-refractivity contribution in [3.05, 3.63) is 60.2 Å². The average Bonchev–Trinajstić information content (AvgIpc) is 2.68. The molecule has 0 aliphatic heterocycles. The number of carboxylic acid groups (broad SMARTS) is 1. The fourth-order valence-electron chi connectivity index (χ4n) is 2.45. The highest BCUT2D eigenvalue weighted by Gasteiger charge is 2.23. The van der Waals surface area contributed by atoms with Gasteiger partial charge < -0.3 is 15.7 Å². The van der Waals surface area contributed by atoms with Crippen LogP contribution in [0.2, 0.25) is 0 Å². The van der Waals surface area contributed by atoms with Crippen LogP contribution >= 0.6 is 0 Å². The molecule has 3 amide bonds. The van der Waals surface area contributed by atoms with E-state index in [1.54, 1.807) is 0 Å². The minimum atomic E-state index is -1.20. The first-order chi connectivity index (χ1) is 12.9. The highest BCUT2D eigenvalue weighted by Crippen LogP contribution is 2.19. The minimum absolute atomic E-state index is 0.121. The molecule has 0 aliphatic rings. The molecule has 2 aromatic rings. The monoisotopic (exact) mass is 371 g/mol. The van der Waals surface area contributed by atoms with Crippen LogP contribution in [0.25, 0.3) is 11.1 Å². The van der Waals surface area contributed by atoms with Crippen molar-refractivity contribution in [3.63, 3.8) is 0 Å². The number of benzene rings is 2. The van der Waals surface area contributed by atoms with Crippen LogP contribution in [0.4, 0.5) is 4.79 Å². The third-order valence-corrected chi connectivity index (χ3v) is 3.95. The third kappa shape index (κ3) is 5.82. The van der Waals surface area contributed by atoms with Crippen LogP contribution in [0, 0.1) is 0 Å². The molecular weight excluding hydrogens is 350 g/mol. The molecule has 2 unspecified atom stereocenters. The van der Waals surface area contributed by atoms with Crippen LogP contribution in [-0.4, -0.2) is 40.3 Å². The molecule has 0 aliphatic carbocycles. The Balaban J connectivity index is 2.06. The van der Waals surface area contributed by atoms with E-state index in [0.717, 1.165) is 16.7 Å². The zero-order chi connectivity index (χ0) is 19.8. The lowest BCUT2D eigenvalue weighted by Gasteiger charge is -2.18. The van der Waals surface area contributed by atoms with Crippen molar-refractivity contribution in [1.82, 2.24) is 16.1 Å². The Labute approximate surface area is 156 Å². The van der Waals surface area contributed by atoms with E-state index in [2.05, 4.69) is 10.6 Å². The standard InChI is InChI=1S/C19H21N3O5/c1-12(18(24)25)20-19(26)21-16(17(23)22-27)11-13-7-9-15(10-8-13)14-5-3-2-4-6-14/h2-10,12,16,27H,11H2,1H3,(H,22,23)(H,24,25)(H2,20,21,26).